The van der Waals surface area contributed by atoms with Gasteiger partial charge in [0.25, 0.3) is 5.91 Å². The van der Waals surface area contributed by atoms with Crippen molar-refractivity contribution in [2.24, 2.45) is 11.1 Å². The van der Waals surface area contributed by atoms with Crippen molar-refractivity contribution < 1.29 is 4.79 Å². The number of carbonyl (C=O) groups is 1. The summed E-state index contributed by atoms with van der Waals surface area (Å²) >= 11 is 5.06. The second-order valence-corrected chi connectivity index (χ2v) is 7.61. The molecule has 1 atom stereocenters. The van der Waals surface area contributed by atoms with E-state index in [1.807, 2.05) is 17.9 Å². The zero-order valence-corrected chi connectivity index (χ0v) is 12.5. The zero-order valence-electron chi connectivity index (χ0n) is 10.1. The first kappa shape index (κ1) is 13.1. The molecule has 3 nitrogen and oxygen atoms in total. The lowest BCUT2D eigenvalue weighted by atomic mass is 9.90. The van der Waals surface area contributed by atoms with Gasteiger partial charge in [-0.05, 0) is 47.3 Å². The van der Waals surface area contributed by atoms with Crippen LogP contribution < -0.4 is 5.73 Å². The highest BCUT2D eigenvalue weighted by atomic mass is 79.9. The fourth-order valence-corrected chi connectivity index (χ4v) is 3.93. The number of halogens is 1. The maximum atomic E-state index is 12.3. The molecule has 5 heteroatoms. The number of carbonyl (C=O) groups excluding carboxylic acids is 1. The molecule has 0 aromatic carbocycles. The van der Waals surface area contributed by atoms with Gasteiger partial charge in [-0.1, -0.05) is 6.92 Å². The van der Waals surface area contributed by atoms with Crippen LogP contribution in [0.4, 0.5) is 0 Å². The van der Waals surface area contributed by atoms with Gasteiger partial charge in [-0.15, -0.1) is 11.3 Å². The number of aryl methyl sites for hydroxylation is 1. The van der Waals surface area contributed by atoms with E-state index in [1.54, 1.807) is 11.3 Å². The summed E-state index contributed by atoms with van der Waals surface area (Å²) in [5, 5.41) is 0. The predicted octanol–water partition coefficient (Wildman–Crippen LogP) is 2.63. The fourth-order valence-electron chi connectivity index (χ4n) is 2.17. The number of rotatable bonds is 2. The van der Waals surface area contributed by atoms with Crippen LogP contribution in [0.25, 0.3) is 0 Å². The van der Waals surface area contributed by atoms with E-state index >= 15 is 0 Å². The van der Waals surface area contributed by atoms with Crippen LogP contribution in [0.2, 0.25) is 0 Å². The van der Waals surface area contributed by atoms with Gasteiger partial charge in [0.05, 0.1) is 9.35 Å². The van der Waals surface area contributed by atoms with Crippen molar-refractivity contribution >= 4 is 33.2 Å². The summed E-state index contributed by atoms with van der Waals surface area (Å²) in [5.74, 6) is 0.124. The van der Waals surface area contributed by atoms with Crippen LogP contribution in [0.15, 0.2) is 9.85 Å². The van der Waals surface area contributed by atoms with Crippen molar-refractivity contribution in [3.63, 3.8) is 0 Å². The third-order valence-corrected chi connectivity index (χ3v) is 5.13. The van der Waals surface area contributed by atoms with Crippen molar-refractivity contribution in [3.8, 4) is 0 Å². The van der Waals surface area contributed by atoms with E-state index in [1.165, 1.54) is 0 Å². The summed E-state index contributed by atoms with van der Waals surface area (Å²) in [7, 11) is 0. The lowest BCUT2D eigenvalue weighted by molar-refractivity contribution is 0.0776. The van der Waals surface area contributed by atoms with Crippen molar-refractivity contribution in [2.75, 3.05) is 19.6 Å². The lowest BCUT2D eigenvalue weighted by Gasteiger charge is -2.22. The van der Waals surface area contributed by atoms with Crippen LogP contribution in [0.5, 0.6) is 0 Å². The minimum absolute atomic E-state index is 0.0905. The Morgan fingerprint density at radius 3 is 2.88 bits per heavy atom. The van der Waals surface area contributed by atoms with Gasteiger partial charge >= 0.3 is 0 Å². The van der Waals surface area contributed by atoms with E-state index < -0.39 is 0 Å². The molecule has 94 valence electrons. The summed E-state index contributed by atoms with van der Waals surface area (Å²) < 4.78 is 0.932. The van der Waals surface area contributed by atoms with Gasteiger partial charge in [0.15, 0.2) is 0 Å². The Balaban J connectivity index is 2.15. The van der Waals surface area contributed by atoms with E-state index in [4.69, 9.17) is 5.73 Å². The molecule has 1 aromatic heterocycles. The fraction of sp³-hybridized carbons (Fsp3) is 0.583. The molecule has 0 aliphatic carbocycles. The summed E-state index contributed by atoms with van der Waals surface area (Å²) in [6.07, 6.45) is 0.996. The van der Waals surface area contributed by atoms with Gasteiger partial charge in [0, 0.05) is 18.0 Å². The highest BCUT2D eigenvalue weighted by Crippen LogP contribution is 2.33. The molecule has 2 rings (SSSR count). The van der Waals surface area contributed by atoms with Gasteiger partial charge in [-0.25, -0.2) is 0 Å². The van der Waals surface area contributed by atoms with Crippen LogP contribution in [0.3, 0.4) is 0 Å². The monoisotopic (exact) mass is 316 g/mol. The molecule has 1 fully saturated rings. The molecule has 0 saturated carbocycles. The minimum atomic E-state index is 0.0905. The third kappa shape index (κ3) is 2.56. The van der Waals surface area contributed by atoms with Gasteiger partial charge in [0.1, 0.15) is 0 Å². The summed E-state index contributed by atoms with van der Waals surface area (Å²) in [4.78, 5) is 15.4. The Morgan fingerprint density at radius 2 is 2.41 bits per heavy atom. The Bertz CT molecular complexity index is 446. The Hall–Kier alpha value is -0.390. The zero-order chi connectivity index (χ0) is 12.6. The summed E-state index contributed by atoms with van der Waals surface area (Å²) in [6, 6.07) is 1.95. The van der Waals surface area contributed by atoms with Crippen LogP contribution in [0.1, 0.15) is 28.6 Å². The number of hydrogen-bond donors (Lipinski definition) is 1. The average Bonchev–Trinajstić information content (AvgIpc) is 2.82. The van der Waals surface area contributed by atoms with Gasteiger partial charge < -0.3 is 10.6 Å². The number of amides is 1. The molecule has 1 aliphatic heterocycles. The molecule has 1 unspecified atom stereocenters. The van der Waals surface area contributed by atoms with E-state index in [-0.39, 0.29) is 11.3 Å². The van der Waals surface area contributed by atoms with Gasteiger partial charge in [-0.2, -0.15) is 0 Å². The van der Waals surface area contributed by atoms with Crippen molar-refractivity contribution in [2.45, 2.75) is 20.3 Å². The first-order valence-electron chi connectivity index (χ1n) is 5.70. The summed E-state index contributed by atoms with van der Waals surface area (Å²) in [5.41, 5.74) is 6.63. The number of nitrogens with two attached hydrogens (primary N) is 1. The number of hydrogen-bond acceptors (Lipinski definition) is 3. The molecule has 1 amide bonds. The van der Waals surface area contributed by atoms with Gasteiger partial charge in [-0.3, -0.25) is 4.79 Å². The summed E-state index contributed by atoms with van der Waals surface area (Å²) in [6.45, 7) is 6.38. The molecule has 2 N–H and O–H groups in total. The Kier molecular flexibility index (Phi) is 3.61. The molecule has 0 radical (unpaired) electrons. The molecule has 2 heterocycles. The van der Waals surface area contributed by atoms with Crippen LogP contribution >= 0.6 is 27.3 Å². The van der Waals surface area contributed by atoms with E-state index in [0.717, 1.165) is 33.7 Å². The van der Waals surface area contributed by atoms with E-state index in [0.29, 0.717) is 6.54 Å². The molecule has 0 spiro atoms. The normalized spacial score (nSPS) is 24.4. The molecule has 1 aliphatic rings. The lowest BCUT2D eigenvalue weighted by Crippen LogP contribution is -2.34. The average molecular weight is 317 g/mol. The van der Waals surface area contributed by atoms with Crippen LogP contribution in [-0.4, -0.2) is 30.4 Å². The maximum absolute atomic E-state index is 12.3. The molecular weight excluding hydrogens is 300 g/mol. The highest BCUT2D eigenvalue weighted by molar-refractivity contribution is 9.11. The SMILES string of the molecule is Cc1cc(C(=O)N2CCC(C)(CN)C2)c(Br)s1. The highest BCUT2D eigenvalue weighted by Gasteiger charge is 2.35. The molecule has 1 aromatic rings. The van der Waals surface area contributed by atoms with Gasteiger partial charge in [0.2, 0.25) is 0 Å². The Morgan fingerprint density at radius 1 is 1.71 bits per heavy atom. The van der Waals surface area contributed by atoms with E-state index in [9.17, 15) is 4.79 Å². The predicted molar refractivity (Wildman–Crippen MR) is 74.4 cm³/mol. The topological polar surface area (TPSA) is 46.3 Å². The molecule has 1 saturated heterocycles. The van der Waals surface area contributed by atoms with Crippen molar-refractivity contribution in [1.82, 2.24) is 4.90 Å². The second-order valence-electron chi connectivity index (χ2n) is 5.04. The Labute approximate surface area is 114 Å². The van der Waals surface area contributed by atoms with Crippen LogP contribution in [-0.2, 0) is 0 Å². The molecule has 0 bridgehead atoms. The van der Waals surface area contributed by atoms with E-state index in [2.05, 4.69) is 22.9 Å². The second kappa shape index (κ2) is 4.71. The standard InChI is InChI=1S/C12H17BrN2OS/c1-8-5-9(10(13)17-8)11(16)15-4-3-12(2,6-14)7-15/h5H,3-4,6-7,14H2,1-2H3. The largest absolute Gasteiger partial charge is 0.338 e. The van der Waals surface area contributed by atoms with Crippen molar-refractivity contribution in [1.29, 1.82) is 0 Å². The smallest absolute Gasteiger partial charge is 0.255 e. The first-order valence-corrected chi connectivity index (χ1v) is 7.31. The minimum Gasteiger partial charge on any atom is -0.338 e. The number of likely N-dealkylation sites (tertiary alicyclic amines) is 1. The first-order chi connectivity index (χ1) is 7.95. The third-order valence-electron chi connectivity index (χ3n) is 3.38. The van der Waals surface area contributed by atoms with Crippen LogP contribution in [0, 0.1) is 12.3 Å². The molecule has 17 heavy (non-hydrogen) atoms. The number of thiophene rings is 1. The number of nitrogens with zero attached hydrogens (tertiary/aromatic N) is 1. The quantitative estimate of drug-likeness (QED) is 0.911. The van der Waals surface area contributed by atoms with Crippen molar-refractivity contribution in [3.05, 3.63) is 20.3 Å². The molecular formula is C12H17BrN2OS. The maximum Gasteiger partial charge on any atom is 0.255 e.